The first-order valence-electron chi connectivity index (χ1n) is 28.5. The fraction of sp³-hybridized carbons (Fsp3) is 0.492. The third-order valence-electron chi connectivity index (χ3n) is 12.9. The summed E-state index contributed by atoms with van der Waals surface area (Å²) in [6, 6.07) is 19.3. The minimum absolute atomic E-state index is 0.00269. The smallest absolute Gasteiger partial charge is 0.407 e. The third-order valence-corrected chi connectivity index (χ3v) is 12.9. The molecule has 0 radical (unpaired) electrons. The molecule has 0 fully saturated rings. The van der Waals surface area contributed by atoms with Gasteiger partial charge in [-0.05, 0) is 166 Å². The minimum atomic E-state index is -1.53. The molecule has 1 heterocycles. The highest BCUT2D eigenvalue weighted by atomic mass is 16.6. The Morgan fingerprint density at radius 1 is 0.643 bits per heavy atom. The average Bonchev–Trinajstić information content (AvgIpc) is 1.56. The number of nitrogens with zero attached hydrogens (tertiary/aromatic N) is 1. The number of hydrogen-bond acceptors (Lipinski definition) is 13. The maximum absolute atomic E-state index is 15.3. The van der Waals surface area contributed by atoms with Gasteiger partial charge in [-0.3, -0.25) is 19.2 Å². The Morgan fingerprint density at radius 2 is 1.15 bits per heavy atom. The number of nitrogens with one attached hydrogen (secondary N) is 6. The van der Waals surface area contributed by atoms with Crippen LogP contribution in [0.3, 0.4) is 0 Å². The summed E-state index contributed by atoms with van der Waals surface area (Å²) in [6.45, 7) is 19.2. The molecule has 1 aliphatic rings. The second kappa shape index (κ2) is 30.3. The molecule has 4 aromatic carbocycles. The van der Waals surface area contributed by atoms with Crippen LogP contribution >= 0.6 is 0 Å². The predicted molar refractivity (Wildman–Crippen MR) is 318 cm³/mol. The van der Waals surface area contributed by atoms with E-state index in [2.05, 4.69) is 51.0 Å². The molecular formula is C63H85N7O14. The van der Waals surface area contributed by atoms with E-state index in [4.69, 9.17) is 23.7 Å². The van der Waals surface area contributed by atoms with E-state index in [0.717, 1.165) is 30.4 Å². The lowest BCUT2D eigenvalue weighted by atomic mass is 9.93. The number of amides is 7. The van der Waals surface area contributed by atoms with Crippen LogP contribution in [0, 0.1) is 0 Å². The van der Waals surface area contributed by atoms with Gasteiger partial charge in [0.25, 0.3) is 5.91 Å². The van der Waals surface area contributed by atoms with Crippen LogP contribution in [-0.2, 0) is 46.2 Å². The summed E-state index contributed by atoms with van der Waals surface area (Å²) in [5.74, 6) is -3.81. The molecule has 456 valence electrons. The van der Waals surface area contributed by atoms with Crippen molar-refractivity contribution in [1.82, 2.24) is 36.8 Å². The lowest BCUT2D eigenvalue weighted by molar-refractivity contribution is -0.143. The number of hydrogen-bond donors (Lipinski definition) is 7. The molecule has 0 unspecified atom stereocenters. The standard InChI is InChI=1S/C63H85N7O14/c1-13-14-17-40-19-22-42(23-20-40)43-24-26-44(27-25-43)54(72)68-48(18-15-16-31-64-58(77)82-61(3,4)5)56(74)70(12)52-45-28-30-51(81-35-33-66-60(79)84-63(9,10)11)47(38-45)46-36-41(37-49(57(75)76)69-53(71)39(2)67-55(52)73)21-29-50(46)80-34-32-65-59(78)83-62(6,7)8/h19-30,36,38-39,48-49,52H,13-18,31-35,37H2,1-12H3,(H,64,77)(H,65,78)(H,66,79)(H,67,73)(H,68,72)(H,69,71)(H,75,76)/t39-,48-,49-,52-/m0/s1. The highest BCUT2D eigenvalue weighted by molar-refractivity contribution is 5.99. The van der Waals surface area contributed by atoms with Crippen LogP contribution in [0.4, 0.5) is 14.4 Å². The normalized spacial score (nSPS) is 15.8. The number of alkyl carbamates (subject to hydrolysis) is 3. The number of carboxylic acid groups (broad SMARTS) is 1. The Morgan fingerprint density at radius 3 is 1.68 bits per heavy atom. The van der Waals surface area contributed by atoms with E-state index in [9.17, 15) is 38.7 Å². The summed E-state index contributed by atoms with van der Waals surface area (Å²) in [5, 5.41) is 26.6. The Balaban J connectivity index is 1.58. The van der Waals surface area contributed by atoms with Gasteiger partial charge >= 0.3 is 24.2 Å². The second-order valence-electron chi connectivity index (χ2n) is 23.7. The maximum Gasteiger partial charge on any atom is 0.407 e. The lowest BCUT2D eigenvalue weighted by Gasteiger charge is -2.32. The van der Waals surface area contributed by atoms with Crippen molar-refractivity contribution < 1.29 is 67.1 Å². The molecule has 4 aromatic rings. The molecular weight excluding hydrogens is 1080 g/mol. The van der Waals surface area contributed by atoms with Gasteiger partial charge in [0.15, 0.2) is 0 Å². The Kier molecular flexibility index (Phi) is 23.9. The predicted octanol–water partition coefficient (Wildman–Crippen LogP) is 8.79. The largest absolute Gasteiger partial charge is 0.491 e. The Labute approximate surface area is 493 Å². The highest BCUT2D eigenvalue weighted by Crippen LogP contribution is 2.40. The molecule has 0 aliphatic carbocycles. The number of carbonyl (C=O) groups excluding carboxylic acids is 7. The topological polar surface area (TPSA) is 278 Å². The van der Waals surface area contributed by atoms with Gasteiger partial charge in [-0.2, -0.15) is 0 Å². The van der Waals surface area contributed by atoms with Crippen LogP contribution in [-0.4, -0.2) is 133 Å². The number of rotatable bonds is 22. The van der Waals surface area contributed by atoms with E-state index in [1.54, 1.807) is 111 Å². The van der Waals surface area contributed by atoms with Gasteiger partial charge in [0.1, 0.15) is 65.7 Å². The van der Waals surface area contributed by atoms with Crippen molar-refractivity contribution in [2.24, 2.45) is 0 Å². The van der Waals surface area contributed by atoms with E-state index >= 15 is 4.79 Å². The molecule has 0 aromatic heterocycles. The molecule has 21 nitrogen and oxygen atoms in total. The van der Waals surface area contributed by atoms with E-state index in [1.807, 2.05) is 24.3 Å². The Bertz CT molecular complexity index is 2930. The molecule has 84 heavy (non-hydrogen) atoms. The molecule has 4 bridgehead atoms. The quantitative estimate of drug-likeness (QED) is 0.0286. The van der Waals surface area contributed by atoms with Crippen LogP contribution in [0.5, 0.6) is 11.5 Å². The van der Waals surface area contributed by atoms with Crippen molar-refractivity contribution in [2.75, 3.05) is 39.9 Å². The zero-order valence-corrected chi connectivity index (χ0v) is 50.6. The number of aliphatic carboxylic acids is 1. The van der Waals surface area contributed by atoms with Gasteiger partial charge in [-0.1, -0.05) is 61.9 Å². The van der Waals surface area contributed by atoms with Crippen molar-refractivity contribution >= 4 is 47.9 Å². The Hall–Kier alpha value is -8.36. The number of fused-ring (bicyclic) bond motifs is 5. The summed E-state index contributed by atoms with van der Waals surface area (Å²) in [4.78, 5) is 110. The molecule has 5 rings (SSSR count). The SMILES string of the molecule is CCCCc1ccc(-c2ccc(C(=O)N[C@@H](CCCCNC(=O)OC(C)(C)C)C(=O)N(C)[C@@H]3C(=O)N[C@@H](C)C(=O)N[C@H](C(=O)O)Cc4ccc(OCCNC(=O)OC(C)(C)C)c(c4)-c4cc3ccc4OCCNC(=O)OC(C)(C)C)cc2)cc1. The van der Waals surface area contributed by atoms with Gasteiger partial charge in [0.05, 0.1) is 13.1 Å². The third kappa shape index (κ3) is 21.4. The van der Waals surface area contributed by atoms with Gasteiger partial charge < -0.3 is 65.6 Å². The summed E-state index contributed by atoms with van der Waals surface area (Å²) in [6.07, 6.45) is 1.74. The van der Waals surface area contributed by atoms with Crippen molar-refractivity contribution in [1.29, 1.82) is 0 Å². The number of carboxylic acids is 1. The zero-order chi connectivity index (χ0) is 61.9. The molecule has 21 heteroatoms. The molecule has 7 N–H and O–H groups in total. The van der Waals surface area contributed by atoms with Crippen LogP contribution < -0.4 is 41.4 Å². The molecule has 0 spiro atoms. The van der Waals surface area contributed by atoms with E-state index in [1.165, 1.54) is 24.4 Å². The molecule has 0 saturated carbocycles. The van der Waals surface area contributed by atoms with Gasteiger partial charge in [-0.25, -0.2) is 19.2 Å². The molecule has 1 aliphatic heterocycles. The minimum Gasteiger partial charge on any atom is -0.491 e. The van der Waals surface area contributed by atoms with Crippen molar-refractivity contribution in [3.8, 4) is 33.8 Å². The number of carbonyl (C=O) groups is 8. The van der Waals surface area contributed by atoms with Crippen molar-refractivity contribution in [3.63, 3.8) is 0 Å². The number of aryl methyl sites for hydroxylation is 1. The molecule has 0 saturated heterocycles. The summed E-state index contributed by atoms with van der Waals surface area (Å²) in [7, 11) is 1.39. The second-order valence-corrected chi connectivity index (χ2v) is 23.7. The van der Waals surface area contributed by atoms with E-state index in [0.29, 0.717) is 29.5 Å². The fourth-order valence-corrected chi connectivity index (χ4v) is 8.90. The van der Waals surface area contributed by atoms with Crippen LogP contribution in [0.2, 0.25) is 0 Å². The number of unbranched alkanes of at least 4 members (excludes halogenated alkanes) is 2. The van der Waals surface area contributed by atoms with Gasteiger partial charge in [0.2, 0.25) is 17.7 Å². The first-order valence-corrected chi connectivity index (χ1v) is 28.5. The average molecular weight is 1160 g/mol. The summed E-state index contributed by atoms with van der Waals surface area (Å²) in [5.41, 5.74) is 2.39. The summed E-state index contributed by atoms with van der Waals surface area (Å²) < 4.78 is 28.8. The van der Waals surface area contributed by atoms with Gasteiger partial charge in [-0.15, -0.1) is 0 Å². The van der Waals surface area contributed by atoms with Crippen LogP contribution in [0.15, 0.2) is 84.9 Å². The molecule has 4 atom stereocenters. The fourth-order valence-electron chi connectivity index (χ4n) is 8.90. The van der Waals surface area contributed by atoms with Crippen molar-refractivity contribution in [2.45, 2.75) is 162 Å². The number of ether oxygens (including phenoxy) is 5. The number of likely N-dealkylation sites (N-methyl/N-ethyl adjacent to an activating group) is 1. The molecule has 7 amide bonds. The first-order chi connectivity index (χ1) is 39.5. The summed E-state index contributed by atoms with van der Waals surface area (Å²) >= 11 is 0. The van der Waals surface area contributed by atoms with Gasteiger partial charge in [0, 0.05) is 36.7 Å². The monoisotopic (exact) mass is 1160 g/mol. The van der Waals surface area contributed by atoms with Crippen molar-refractivity contribution in [3.05, 3.63) is 107 Å². The van der Waals surface area contributed by atoms with Crippen LogP contribution in [0.25, 0.3) is 22.3 Å². The van der Waals surface area contributed by atoms with E-state index < -0.39 is 88.8 Å². The highest BCUT2D eigenvalue weighted by Gasteiger charge is 2.36. The van der Waals surface area contributed by atoms with E-state index in [-0.39, 0.29) is 68.3 Å². The first kappa shape index (κ1) is 66.4. The lowest BCUT2D eigenvalue weighted by Crippen LogP contribution is -2.54. The maximum atomic E-state index is 15.3. The number of benzene rings is 4. The van der Waals surface area contributed by atoms with Crippen LogP contribution in [0.1, 0.15) is 141 Å². The zero-order valence-electron chi connectivity index (χ0n) is 50.6.